The molecule has 4 nitrogen and oxygen atoms in total. The molecule has 1 fully saturated rings. The van der Waals surface area contributed by atoms with E-state index in [0.717, 1.165) is 30.4 Å². The fourth-order valence-corrected chi connectivity index (χ4v) is 3.51. The normalized spacial score (nSPS) is 17.4. The zero-order valence-corrected chi connectivity index (χ0v) is 12.9. The number of hydrogen-bond acceptors (Lipinski definition) is 5. The zero-order chi connectivity index (χ0) is 13.7. The van der Waals surface area contributed by atoms with Crippen molar-refractivity contribution < 1.29 is 0 Å². The van der Waals surface area contributed by atoms with Crippen molar-refractivity contribution in [2.75, 3.05) is 30.5 Å². The molecule has 1 aromatic heterocycles. The van der Waals surface area contributed by atoms with Gasteiger partial charge >= 0.3 is 0 Å². The Morgan fingerprint density at radius 1 is 1.26 bits per heavy atom. The summed E-state index contributed by atoms with van der Waals surface area (Å²) in [5.41, 5.74) is 0. The Kier molecular flexibility index (Phi) is 4.91. The van der Waals surface area contributed by atoms with Crippen LogP contribution in [0.5, 0.6) is 0 Å². The maximum Gasteiger partial charge on any atom is 0.132 e. The van der Waals surface area contributed by atoms with Gasteiger partial charge in [-0.05, 0) is 19.1 Å². The van der Waals surface area contributed by atoms with E-state index in [1.54, 1.807) is 0 Å². The highest BCUT2D eigenvalue weighted by atomic mass is 32.2. The number of anilines is 2. The minimum absolute atomic E-state index is 0.400. The predicted octanol–water partition coefficient (Wildman–Crippen LogP) is 3.17. The van der Waals surface area contributed by atoms with E-state index in [9.17, 15) is 0 Å². The summed E-state index contributed by atoms with van der Waals surface area (Å²) >= 11 is 2.00. The van der Waals surface area contributed by atoms with Crippen LogP contribution >= 0.6 is 11.8 Å². The fourth-order valence-electron chi connectivity index (χ4n) is 2.60. The van der Waals surface area contributed by atoms with Crippen molar-refractivity contribution in [3.63, 3.8) is 0 Å². The number of aromatic nitrogens is 2. The van der Waals surface area contributed by atoms with E-state index >= 15 is 0 Å². The third-order valence-electron chi connectivity index (χ3n) is 3.88. The van der Waals surface area contributed by atoms with Crippen LogP contribution in [0.2, 0.25) is 0 Å². The van der Waals surface area contributed by atoms with E-state index < -0.39 is 0 Å². The van der Waals surface area contributed by atoms with Crippen LogP contribution in [0.15, 0.2) is 6.07 Å². The number of nitrogens with zero attached hydrogens (tertiary/aromatic N) is 2. The monoisotopic (exact) mass is 280 g/mol. The second-order valence-electron chi connectivity index (χ2n) is 5.11. The Morgan fingerprint density at radius 3 is 2.53 bits per heavy atom. The number of thioether (sulfide) groups is 1. The lowest BCUT2D eigenvalue weighted by atomic mass is 10.1. The first-order valence-corrected chi connectivity index (χ1v) is 8.28. The Morgan fingerprint density at radius 2 is 1.95 bits per heavy atom. The van der Waals surface area contributed by atoms with Gasteiger partial charge in [0.2, 0.25) is 0 Å². The van der Waals surface area contributed by atoms with Gasteiger partial charge in [-0.1, -0.05) is 19.8 Å². The summed E-state index contributed by atoms with van der Waals surface area (Å²) < 4.78 is 0.400. The molecular formula is C14H24N4S. The highest BCUT2D eigenvalue weighted by Gasteiger charge is 2.32. The molecule has 5 heteroatoms. The molecule has 1 aliphatic rings. The second kappa shape index (κ2) is 6.46. The van der Waals surface area contributed by atoms with Gasteiger partial charge in [-0.2, -0.15) is 11.8 Å². The first-order valence-electron chi connectivity index (χ1n) is 7.06. The third kappa shape index (κ3) is 3.53. The van der Waals surface area contributed by atoms with Gasteiger partial charge in [0, 0.05) is 30.8 Å². The molecule has 0 aromatic carbocycles. The number of aryl methyl sites for hydroxylation is 1. The van der Waals surface area contributed by atoms with Crippen molar-refractivity contribution in [3.05, 3.63) is 11.9 Å². The van der Waals surface area contributed by atoms with Crippen molar-refractivity contribution in [1.29, 1.82) is 0 Å². The van der Waals surface area contributed by atoms with E-state index in [0.29, 0.717) is 4.75 Å². The average molecular weight is 280 g/mol. The quantitative estimate of drug-likeness (QED) is 0.838. The van der Waals surface area contributed by atoms with E-state index in [1.807, 2.05) is 24.9 Å². The summed E-state index contributed by atoms with van der Waals surface area (Å²) in [6.07, 6.45) is 8.42. The number of hydrogen-bond donors (Lipinski definition) is 2. The molecule has 1 heterocycles. The SMILES string of the molecule is CCc1nc(NC)cc(NCC2(SC)CCCC2)n1. The fraction of sp³-hybridized carbons (Fsp3) is 0.714. The molecule has 106 valence electrons. The van der Waals surface area contributed by atoms with Gasteiger partial charge in [-0.25, -0.2) is 9.97 Å². The van der Waals surface area contributed by atoms with Crippen LogP contribution < -0.4 is 10.6 Å². The molecule has 0 amide bonds. The smallest absolute Gasteiger partial charge is 0.132 e. The largest absolute Gasteiger partial charge is 0.373 e. The molecule has 1 aromatic rings. The van der Waals surface area contributed by atoms with Gasteiger partial charge in [0.15, 0.2) is 0 Å². The van der Waals surface area contributed by atoms with Crippen LogP contribution in [-0.2, 0) is 6.42 Å². The molecule has 0 aliphatic heterocycles. The first kappa shape index (κ1) is 14.4. The van der Waals surface area contributed by atoms with Crippen LogP contribution in [0.1, 0.15) is 38.4 Å². The van der Waals surface area contributed by atoms with Gasteiger partial charge in [-0.15, -0.1) is 0 Å². The molecule has 1 aliphatic carbocycles. The van der Waals surface area contributed by atoms with Gasteiger partial charge in [0.1, 0.15) is 17.5 Å². The minimum atomic E-state index is 0.400. The topological polar surface area (TPSA) is 49.8 Å². The lowest BCUT2D eigenvalue weighted by Crippen LogP contribution is -2.30. The highest BCUT2D eigenvalue weighted by molar-refractivity contribution is 8.00. The second-order valence-corrected chi connectivity index (χ2v) is 6.38. The van der Waals surface area contributed by atoms with Crippen LogP contribution in [0.25, 0.3) is 0 Å². The molecule has 2 N–H and O–H groups in total. The summed E-state index contributed by atoms with van der Waals surface area (Å²) in [4.78, 5) is 8.97. The molecule has 0 bridgehead atoms. The lowest BCUT2D eigenvalue weighted by Gasteiger charge is -2.27. The third-order valence-corrected chi connectivity index (χ3v) is 5.30. The van der Waals surface area contributed by atoms with E-state index in [-0.39, 0.29) is 0 Å². The molecule has 0 unspecified atom stereocenters. The summed E-state index contributed by atoms with van der Waals surface area (Å²) in [6.45, 7) is 3.08. The van der Waals surface area contributed by atoms with E-state index in [1.165, 1.54) is 25.7 Å². The molecule has 0 radical (unpaired) electrons. The van der Waals surface area contributed by atoms with Crippen LogP contribution in [-0.4, -0.2) is 34.6 Å². The van der Waals surface area contributed by atoms with Gasteiger partial charge < -0.3 is 10.6 Å². The summed E-state index contributed by atoms with van der Waals surface area (Å²) in [5, 5.41) is 6.61. The Balaban J connectivity index is 2.06. The standard InChI is InChI=1S/C14H24N4S/c1-4-11-17-12(15-2)9-13(18-11)16-10-14(19-3)7-5-6-8-14/h9H,4-8,10H2,1-3H3,(H2,15,16,17,18). The minimum Gasteiger partial charge on any atom is -0.373 e. The molecule has 0 atom stereocenters. The summed E-state index contributed by atoms with van der Waals surface area (Å²) in [7, 11) is 1.89. The van der Waals surface area contributed by atoms with Crippen molar-refractivity contribution in [3.8, 4) is 0 Å². The maximum absolute atomic E-state index is 4.55. The van der Waals surface area contributed by atoms with Crippen LogP contribution in [0.4, 0.5) is 11.6 Å². The Labute approximate surface area is 120 Å². The highest BCUT2D eigenvalue weighted by Crippen LogP contribution is 2.40. The van der Waals surface area contributed by atoms with Gasteiger partial charge in [0.25, 0.3) is 0 Å². The molecule has 0 spiro atoms. The summed E-state index contributed by atoms with van der Waals surface area (Å²) in [6, 6.07) is 1.99. The maximum atomic E-state index is 4.55. The van der Waals surface area contributed by atoms with Crippen LogP contribution in [0, 0.1) is 0 Å². The van der Waals surface area contributed by atoms with E-state index in [4.69, 9.17) is 0 Å². The van der Waals surface area contributed by atoms with Crippen molar-refractivity contribution in [2.45, 2.75) is 43.8 Å². The van der Waals surface area contributed by atoms with Gasteiger partial charge in [0.05, 0.1) is 0 Å². The van der Waals surface area contributed by atoms with Crippen molar-refractivity contribution in [1.82, 2.24) is 9.97 Å². The molecule has 0 saturated heterocycles. The molecule has 1 saturated carbocycles. The first-order chi connectivity index (χ1) is 9.21. The average Bonchev–Trinajstić information content (AvgIpc) is 2.94. The molecular weight excluding hydrogens is 256 g/mol. The zero-order valence-electron chi connectivity index (χ0n) is 12.1. The lowest BCUT2D eigenvalue weighted by molar-refractivity contribution is 0.638. The Bertz CT molecular complexity index is 394. The van der Waals surface area contributed by atoms with Crippen LogP contribution in [0.3, 0.4) is 0 Å². The number of nitrogens with one attached hydrogen (secondary N) is 2. The molecule has 19 heavy (non-hydrogen) atoms. The summed E-state index contributed by atoms with van der Waals surface area (Å²) in [5.74, 6) is 2.72. The van der Waals surface area contributed by atoms with Crippen molar-refractivity contribution >= 4 is 23.4 Å². The Hall–Kier alpha value is -0.970. The predicted molar refractivity (Wildman–Crippen MR) is 84.2 cm³/mol. The van der Waals surface area contributed by atoms with Gasteiger partial charge in [-0.3, -0.25) is 0 Å². The van der Waals surface area contributed by atoms with E-state index in [2.05, 4.69) is 33.8 Å². The van der Waals surface area contributed by atoms with Crippen molar-refractivity contribution in [2.24, 2.45) is 0 Å². The molecule has 2 rings (SSSR count). The number of rotatable bonds is 6.